The molecule has 3 nitrogen and oxygen atoms in total. The molecule has 0 aromatic rings. The summed E-state index contributed by atoms with van der Waals surface area (Å²) in [5.41, 5.74) is 0. The van der Waals surface area contributed by atoms with Gasteiger partial charge >= 0.3 is 12.1 Å². The van der Waals surface area contributed by atoms with Crippen molar-refractivity contribution in [1.82, 2.24) is 0 Å². The molecular weight excluding hydrogens is 175 g/mol. The third-order valence-corrected chi connectivity index (χ3v) is 0.910. The number of esters is 1. The van der Waals surface area contributed by atoms with Crippen LogP contribution >= 0.6 is 0 Å². The Labute approximate surface area is 67.2 Å². The van der Waals surface area contributed by atoms with Crippen LogP contribution in [0.1, 0.15) is 6.42 Å². The van der Waals surface area contributed by atoms with E-state index in [1.54, 1.807) is 0 Å². The largest absolute Gasteiger partial charge is 0.469 e. The van der Waals surface area contributed by atoms with Gasteiger partial charge in [-0.2, -0.15) is 13.2 Å². The van der Waals surface area contributed by atoms with E-state index < -0.39 is 12.1 Å². The number of ether oxygens (including phenoxy) is 1. The van der Waals surface area contributed by atoms with Gasteiger partial charge in [-0.1, -0.05) is 0 Å². The molecule has 0 aliphatic carbocycles. The van der Waals surface area contributed by atoms with Crippen molar-refractivity contribution >= 4 is 12.2 Å². The van der Waals surface area contributed by atoms with Gasteiger partial charge in [-0.05, 0) is 0 Å². The van der Waals surface area contributed by atoms with Crippen LogP contribution in [0, 0.1) is 0 Å². The van der Waals surface area contributed by atoms with Gasteiger partial charge in [0.15, 0.2) is 0 Å². The van der Waals surface area contributed by atoms with Gasteiger partial charge in [0.2, 0.25) is 0 Å². The number of carbonyl (C=O) groups excluding carboxylic acids is 1. The summed E-state index contributed by atoms with van der Waals surface area (Å²) in [7, 11) is 1.16. The SMILES string of the molecule is COC(=O)CCN=CC(F)(F)F. The van der Waals surface area contributed by atoms with Crippen LogP contribution in [0.4, 0.5) is 13.2 Å². The normalized spacial score (nSPS) is 12.0. The summed E-state index contributed by atoms with van der Waals surface area (Å²) in [4.78, 5) is 13.3. The number of rotatable bonds is 3. The van der Waals surface area contributed by atoms with Crippen molar-refractivity contribution in [2.45, 2.75) is 12.6 Å². The molecule has 70 valence electrons. The minimum absolute atomic E-state index is 0.136. The molecule has 0 unspecified atom stereocenters. The second kappa shape index (κ2) is 4.74. The summed E-state index contributed by atoms with van der Waals surface area (Å²) in [6.07, 6.45) is -4.69. The number of halogens is 3. The Kier molecular flexibility index (Phi) is 4.31. The molecule has 0 aliphatic heterocycles. The lowest BCUT2D eigenvalue weighted by atomic mass is 10.4. The van der Waals surface area contributed by atoms with E-state index in [9.17, 15) is 18.0 Å². The highest BCUT2D eigenvalue weighted by atomic mass is 19.4. The molecule has 0 radical (unpaired) electrons. The van der Waals surface area contributed by atoms with E-state index in [4.69, 9.17) is 0 Å². The Morgan fingerprint density at radius 1 is 1.58 bits per heavy atom. The van der Waals surface area contributed by atoms with Crippen LogP contribution in [-0.4, -0.2) is 32.0 Å². The van der Waals surface area contributed by atoms with E-state index >= 15 is 0 Å². The molecule has 6 heteroatoms. The minimum Gasteiger partial charge on any atom is -0.469 e. The van der Waals surface area contributed by atoms with E-state index in [2.05, 4.69) is 9.73 Å². The molecule has 0 heterocycles. The molecule has 0 amide bonds. The molecule has 0 fully saturated rings. The smallest absolute Gasteiger partial charge is 0.426 e. The van der Waals surface area contributed by atoms with Gasteiger partial charge in [0.1, 0.15) is 6.21 Å². The summed E-state index contributed by atoms with van der Waals surface area (Å²) in [5, 5.41) is 0. The molecule has 0 aromatic carbocycles. The van der Waals surface area contributed by atoms with Crippen molar-refractivity contribution in [2.75, 3.05) is 13.7 Å². The molecule has 0 saturated heterocycles. The first-order valence-corrected chi connectivity index (χ1v) is 3.10. The van der Waals surface area contributed by atoms with Crippen molar-refractivity contribution in [1.29, 1.82) is 0 Å². The van der Waals surface area contributed by atoms with Gasteiger partial charge in [-0.3, -0.25) is 9.79 Å². The summed E-state index contributed by atoms with van der Waals surface area (Å²) in [6, 6.07) is 0. The molecular formula is C6H8F3NO2. The molecule has 0 atom stereocenters. The van der Waals surface area contributed by atoms with Crippen LogP contribution in [0.15, 0.2) is 4.99 Å². The van der Waals surface area contributed by atoms with Crippen molar-refractivity contribution in [3.05, 3.63) is 0 Å². The van der Waals surface area contributed by atoms with E-state index in [0.717, 1.165) is 7.11 Å². The highest BCUT2D eigenvalue weighted by Gasteiger charge is 2.23. The summed E-state index contributed by atoms with van der Waals surface area (Å²) in [5.74, 6) is -0.575. The summed E-state index contributed by atoms with van der Waals surface area (Å²) in [6.45, 7) is -0.202. The molecule has 0 spiro atoms. The fourth-order valence-electron chi connectivity index (χ4n) is 0.426. The van der Waals surface area contributed by atoms with Gasteiger partial charge in [0, 0.05) is 6.54 Å². The van der Waals surface area contributed by atoms with Crippen LogP contribution < -0.4 is 0 Å². The number of methoxy groups -OCH3 is 1. The van der Waals surface area contributed by atoms with Gasteiger partial charge < -0.3 is 4.74 Å². The lowest BCUT2D eigenvalue weighted by Gasteiger charge is -1.97. The predicted molar refractivity (Wildman–Crippen MR) is 36.0 cm³/mol. The van der Waals surface area contributed by atoms with Crippen molar-refractivity contribution in [2.24, 2.45) is 4.99 Å². The highest BCUT2D eigenvalue weighted by molar-refractivity contribution is 5.70. The Morgan fingerprint density at radius 2 is 2.17 bits per heavy atom. The second-order valence-electron chi connectivity index (χ2n) is 1.90. The molecule has 0 N–H and O–H groups in total. The highest BCUT2D eigenvalue weighted by Crippen LogP contribution is 2.10. The van der Waals surface area contributed by atoms with E-state index in [0.29, 0.717) is 0 Å². The maximum absolute atomic E-state index is 11.4. The van der Waals surface area contributed by atoms with Crippen molar-refractivity contribution < 1.29 is 22.7 Å². The van der Waals surface area contributed by atoms with Gasteiger partial charge in [-0.15, -0.1) is 0 Å². The molecule has 0 aliphatic rings. The number of alkyl halides is 3. The molecule has 0 rings (SSSR count). The first-order chi connectivity index (χ1) is 5.45. The van der Waals surface area contributed by atoms with Crippen LogP contribution in [0.2, 0.25) is 0 Å². The lowest BCUT2D eigenvalue weighted by molar-refractivity contribution is -0.140. The Balaban J connectivity index is 3.56. The average Bonchev–Trinajstić information content (AvgIpc) is 1.96. The Bertz CT molecular complexity index is 176. The monoisotopic (exact) mass is 183 g/mol. The topological polar surface area (TPSA) is 38.7 Å². The number of aliphatic imine (C=N–C) groups is 1. The maximum Gasteiger partial charge on any atom is 0.426 e. The number of nitrogens with zero attached hydrogens (tertiary/aromatic N) is 1. The van der Waals surface area contributed by atoms with Crippen molar-refractivity contribution in [3.63, 3.8) is 0 Å². The standard InChI is InChI=1S/C6H8F3NO2/c1-12-5(11)2-3-10-4-6(7,8)9/h4H,2-3H2,1H3. The first-order valence-electron chi connectivity index (χ1n) is 3.10. The van der Waals surface area contributed by atoms with Gasteiger partial charge in [0.25, 0.3) is 0 Å². The minimum atomic E-state index is -4.41. The zero-order chi connectivity index (χ0) is 9.61. The first kappa shape index (κ1) is 10.9. The number of hydrogen-bond acceptors (Lipinski definition) is 3. The van der Waals surface area contributed by atoms with E-state index in [-0.39, 0.29) is 19.2 Å². The molecule has 0 aromatic heterocycles. The average molecular weight is 183 g/mol. The molecule has 0 saturated carbocycles. The zero-order valence-corrected chi connectivity index (χ0v) is 6.39. The molecule has 12 heavy (non-hydrogen) atoms. The third kappa shape index (κ3) is 7.04. The fraction of sp³-hybridized carbons (Fsp3) is 0.667. The third-order valence-electron chi connectivity index (χ3n) is 0.910. The van der Waals surface area contributed by atoms with Crippen LogP contribution in [0.3, 0.4) is 0 Å². The Morgan fingerprint density at radius 3 is 2.58 bits per heavy atom. The fourth-order valence-corrected chi connectivity index (χ4v) is 0.426. The van der Waals surface area contributed by atoms with Crippen LogP contribution in [-0.2, 0) is 9.53 Å². The maximum atomic E-state index is 11.4. The van der Waals surface area contributed by atoms with Crippen LogP contribution in [0.5, 0.6) is 0 Å². The zero-order valence-electron chi connectivity index (χ0n) is 6.39. The second-order valence-corrected chi connectivity index (χ2v) is 1.90. The lowest BCUT2D eigenvalue weighted by Crippen LogP contribution is -2.10. The number of carbonyl (C=O) groups is 1. The van der Waals surface area contributed by atoms with Gasteiger partial charge in [0.05, 0.1) is 13.5 Å². The van der Waals surface area contributed by atoms with Crippen LogP contribution in [0.25, 0.3) is 0 Å². The quantitative estimate of drug-likeness (QED) is 0.486. The van der Waals surface area contributed by atoms with E-state index in [1.165, 1.54) is 0 Å². The summed E-state index contributed by atoms with van der Waals surface area (Å²) < 4.78 is 38.4. The Hall–Kier alpha value is -1.07. The summed E-state index contributed by atoms with van der Waals surface area (Å²) >= 11 is 0. The van der Waals surface area contributed by atoms with E-state index in [1.807, 2.05) is 0 Å². The van der Waals surface area contributed by atoms with Gasteiger partial charge in [-0.25, -0.2) is 0 Å². The molecule has 0 bridgehead atoms. The number of hydrogen-bond donors (Lipinski definition) is 0. The van der Waals surface area contributed by atoms with Crippen molar-refractivity contribution in [3.8, 4) is 0 Å². The predicted octanol–water partition coefficient (Wildman–Crippen LogP) is 1.18.